The highest BCUT2D eigenvalue weighted by molar-refractivity contribution is 5.81. The van der Waals surface area contributed by atoms with Gasteiger partial charge in [0.05, 0.1) is 0 Å². The number of amides is 1. The van der Waals surface area contributed by atoms with Gasteiger partial charge in [0.15, 0.2) is 0 Å². The molecule has 2 aliphatic rings. The van der Waals surface area contributed by atoms with Crippen molar-refractivity contribution < 1.29 is 4.79 Å². The van der Waals surface area contributed by atoms with Gasteiger partial charge in [0, 0.05) is 18.5 Å². The maximum atomic E-state index is 11.7. The fourth-order valence-corrected chi connectivity index (χ4v) is 1.97. The van der Waals surface area contributed by atoms with E-state index in [1.165, 1.54) is 6.42 Å². The maximum absolute atomic E-state index is 11.7. The lowest BCUT2D eigenvalue weighted by Gasteiger charge is -2.23. The number of rotatable bonds is 1. The predicted molar refractivity (Wildman–Crippen MR) is 47.7 cm³/mol. The molecule has 68 valence electrons. The van der Waals surface area contributed by atoms with E-state index in [9.17, 15) is 4.79 Å². The van der Waals surface area contributed by atoms with E-state index in [4.69, 9.17) is 0 Å². The zero-order chi connectivity index (χ0) is 8.72. The first kappa shape index (κ1) is 8.09. The van der Waals surface area contributed by atoms with Crippen LogP contribution in [0.5, 0.6) is 0 Å². The molecule has 0 radical (unpaired) electrons. The van der Waals surface area contributed by atoms with E-state index in [2.05, 4.69) is 18.7 Å². The molecule has 12 heavy (non-hydrogen) atoms. The summed E-state index contributed by atoms with van der Waals surface area (Å²) in [5.41, 5.74) is 0. The number of likely N-dealkylation sites (tertiary alicyclic amines) is 1. The van der Waals surface area contributed by atoms with E-state index in [1.807, 2.05) is 0 Å². The summed E-state index contributed by atoms with van der Waals surface area (Å²) in [5.74, 6) is 1.53. The Hall–Kier alpha value is -0.530. The largest absolute Gasteiger partial charge is 0.339 e. The van der Waals surface area contributed by atoms with Gasteiger partial charge in [-0.1, -0.05) is 6.92 Å². The normalized spacial score (nSPS) is 35.7. The predicted octanol–water partition coefficient (Wildman–Crippen LogP) is 1.65. The SMILES string of the molecule is CC1CCN(C(=O)C2CC2)C1C. The van der Waals surface area contributed by atoms with Gasteiger partial charge in [0.25, 0.3) is 0 Å². The number of hydrogen-bond acceptors (Lipinski definition) is 1. The summed E-state index contributed by atoms with van der Waals surface area (Å²) in [4.78, 5) is 13.8. The molecule has 1 amide bonds. The van der Waals surface area contributed by atoms with Crippen LogP contribution in [0.15, 0.2) is 0 Å². The van der Waals surface area contributed by atoms with Crippen molar-refractivity contribution in [3.63, 3.8) is 0 Å². The molecule has 2 rings (SSSR count). The third kappa shape index (κ3) is 1.23. The van der Waals surface area contributed by atoms with Crippen LogP contribution in [0.2, 0.25) is 0 Å². The Labute approximate surface area is 73.9 Å². The van der Waals surface area contributed by atoms with Gasteiger partial charge in [-0.15, -0.1) is 0 Å². The van der Waals surface area contributed by atoms with Crippen molar-refractivity contribution >= 4 is 5.91 Å². The van der Waals surface area contributed by atoms with E-state index >= 15 is 0 Å². The smallest absolute Gasteiger partial charge is 0.225 e. The number of hydrogen-bond donors (Lipinski definition) is 0. The van der Waals surface area contributed by atoms with E-state index in [0.717, 1.165) is 19.4 Å². The van der Waals surface area contributed by atoms with Gasteiger partial charge in [0.1, 0.15) is 0 Å². The number of nitrogens with zero attached hydrogens (tertiary/aromatic N) is 1. The van der Waals surface area contributed by atoms with Crippen LogP contribution in [0.25, 0.3) is 0 Å². The van der Waals surface area contributed by atoms with Gasteiger partial charge >= 0.3 is 0 Å². The third-order valence-corrected chi connectivity index (χ3v) is 3.35. The van der Waals surface area contributed by atoms with Crippen molar-refractivity contribution in [1.82, 2.24) is 4.90 Å². The Morgan fingerprint density at radius 1 is 1.25 bits per heavy atom. The van der Waals surface area contributed by atoms with Gasteiger partial charge in [-0.25, -0.2) is 0 Å². The summed E-state index contributed by atoms with van der Waals surface area (Å²) in [6, 6.07) is 0.484. The van der Waals surface area contributed by atoms with Crippen LogP contribution >= 0.6 is 0 Å². The first-order valence-corrected chi connectivity index (χ1v) is 5.00. The van der Waals surface area contributed by atoms with Crippen LogP contribution in [0.1, 0.15) is 33.1 Å². The summed E-state index contributed by atoms with van der Waals surface area (Å²) in [7, 11) is 0. The second-order valence-corrected chi connectivity index (χ2v) is 4.31. The van der Waals surface area contributed by atoms with Gasteiger partial charge in [0.2, 0.25) is 5.91 Å². The van der Waals surface area contributed by atoms with E-state index in [-0.39, 0.29) is 0 Å². The Bertz CT molecular complexity index is 198. The fourth-order valence-electron chi connectivity index (χ4n) is 1.97. The molecule has 1 aliphatic carbocycles. The molecule has 1 aliphatic heterocycles. The molecule has 2 unspecified atom stereocenters. The van der Waals surface area contributed by atoms with Crippen molar-refractivity contribution in [2.24, 2.45) is 11.8 Å². The first-order chi connectivity index (χ1) is 5.70. The van der Waals surface area contributed by atoms with Crippen molar-refractivity contribution in [3.05, 3.63) is 0 Å². The van der Waals surface area contributed by atoms with E-state index < -0.39 is 0 Å². The zero-order valence-corrected chi connectivity index (χ0v) is 7.92. The Morgan fingerprint density at radius 2 is 1.92 bits per heavy atom. The molecule has 0 N–H and O–H groups in total. The highest BCUT2D eigenvalue weighted by Gasteiger charge is 2.38. The lowest BCUT2D eigenvalue weighted by Crippen LogP contribution is -2.36. The van der Waals surface area contributed by atoms with Crippen LogP contribution in [0, 0.1) is 11.8 Å². The van der Waals surface area contributed by atoms with Gasteiger partial charge in [-0.2, -0.15) is 0 Å². The summed E-state index contributed by atoms with van der Waals surface area (Å²) in [6.07, 6.45) is 3.46. The van der Waals surface area contributed by atoms with Crippen LogP contribution in [-0.4, -0.2) is 23.4 Å². The minimum atomic E-state index is 0.401. The molecule has 2 nitrogen and oxygen atoms in total. The van der Waals surface area contributed by atoms with Crippen LogP contribution in [-0.2, 0) is 4.79 Å². The van der Waals surface area contributed by atoms with Crippen LogP contribution in [0.3, 0.4) is 0 Å². The molecule has 0 spiro atoms. The molecule has 1 saturated carbocycles. The summed E-state index contributed by atoms with van der Waals surface area (Å²) < 4.78 is 0. The summed E-state index contributed by atoms with van der Waals surface area (Å²) in [6.45, 7) is 5.42. The number of carbonyl (C=O) groups is 1. The highest BCUT2D eigenvalue weighted by atomic mass is 16.2. The summed E-state index contributed by atoms with van der Waals surface area (Å²) >= 11 is 0. The Balaban J connectivity index is 1.99. The van der Waals surface area contributed by atoms with Crippen molar-refractivity contribution in [2.75, 3.05) is 6.54 Å². The van der Waals surface area contributed by atoms with Gasteiger partial charge in [-0.3, -0.25) is 4.79 Å². The van der Waals surface area contributed by atoms with E-state index in [1.54, 1.807) is 0 Å². The molecule has 2 heteroatoms. The van der Waals surface area contributed by atoms with Gasteiger partial charge in [-0.05, 0) is 32.1 Å². The van der Waals surface area contributed by atoms with Crippen LogP contribution < -0.4 is 0 Å². The molecule has 0 bridgehead atoms. The third-order valence-electron chi connectivity index (χ3n) is 3.35. The minimum Gasteiger partial charge on any atom is -0.339 e. The van der Waals surface area contributed by atoms with Crippen molar-refractivity contribution in [3.8, 4) is 0 Å². The Morgan fingerprint density at radius 3 is 2.33 bits per heavy atom. The average molecular weight is 167 g/mol. The second kappa shape index (κ2) is 2.75. The first-order valence-electron chi connectivity index (χ1n) is 5.00. The van der Waals surface area contributed by atoms with Crippen LogP contribution in [0.4, 0.5) is 0 Å². The fraction of sp³-hybridized carbons (Fsp3) is 0.900. The average Bonchev–Trinajstić information content (AvgIpc) is 2.82. The lowest BCUT2D eigenvalue weighted by molar-refractivity contribution is -0.133. The Kier molecular flexibility index (Phi) is 1.85. The van der Waals surface area contributed by atoms with Crippen molar-refractivity contribution in [2.45, 2.75) is 39.2 Å². The van der Waals surface area contributed by atoms with Gasteiger partial charge < -0.3 is 4.90 Å². The molecular weight excluding hydrogens is 150 g/mol. The van der Waals surface area contributed by atoms with Crippen molar-refractivity contribution in [1.29, 1.82) is 0 Å². The molecule has 2 fully saturated rings. The molecule has 0 aromatic rings. The minimum absolute atomic E-state index is 0.401. The zero-order valence-electron chi connectivity index (χ0n) is 7.92. The lowest BCUT2D eigenvalue weighted by atomic mass is 10.1. The molecule has 2 atom stereocenters. The van der Waals surface area contributed by atoms with E-state index in [0.29, 0.717) is 23.8 Å². The monoisotopic (exact) mass is 167 g/mol. The number of carbonyl (C=O) groups excluding carboxylic acids is 1. The summed E-state index contributed by atoms with van der Waals surface area (Å²) in [5, 5.41) is 0. The molecule has 0 aromatic carbocycles. The quantitative estimate of drug-likeness (QED) is 0.581. The standard InChI is InChI=1S/C10H17NO/c1-7-5-6-11(8(7)2)10(12)9-3-4-9/h7-9H,3-6H2,1-2H3. The molecular formula is C10H17NO. The maximum Gasteiger partial charge on any atom is 0.225 e. The molecule has 1 saturated heterocycles. The topological polar surface area (TPSA) is 20.3 Å². The second-order valence-electron chi connectivity index (χ2n) is 4.31. The molecule has 1 heterocycles. The highest BCUT2D eigenvalue weighted by Crippen LogP contribution is 2.34. The molecule has 0 aromatic heterocycles.